The number of rotatable bonds is 8. The van der Waals surface area contributed by atoms with Gasteiger partial charge in [0.15, 0.2) is 23.0 Å². The Labute approximate surface area is 238 Å². The fraction of sp³-hybridized carbons (Fsp3) is 0.312. The van der Waals surface area contributed by atoms with Crippen molar-refractivity contribution in [1.29, 1.82) is 0 Å². The number of hydrogen-bond acceptors (Lipinski definition) is 6. The quantitative estimate of drug-likeness (QED) is 0.352. The van der Waals surface area contributed by atoms with Crippen LogP contribution >= 0.6 is 0 Å². The molecule has 2 atom stereocenters. The maximum atomic E-state index is 14.1. The minimum absolute atomic E-state index is 0.000961. The van der Waals surface area contributed by atoms with E-state index in [9.17, 15) is 9.59 Å². The molecular weight excluding hydrogens is 522 g/mol. The smallest absolute Gasteiger partial charge is 0.246 e. The number of aromatic nitrogens is 1. The molecule has 0 unspecified atom stereocenters. The molecule has 3 aromatic carbocycles. The topological polar surface area (TPSA) is 93.3 Å². The molecule has 3 heterocycles. The molecule has 1 aromatic heterocycles. The van der Waals surface area contributed by atoms with E-state index in [4.69, 9.17) is 18.9 Å². The summed E-state index contributed by atoms with van der Waals surface area (Å²) in [4.78, 5) is 35.0. The minimum Gasteiger partial charge on any atom is -0.493 e. The second kappa shape index (κ2) is 10.7. The Morgan fingerprint density at radius 2 is 1.63 bits per heavy atom. The van der Waals surface area contributed by atoms with E-state index in [1.807, 2.05) is 54.6 Å². The third-order valence-electron chi connectivity index (χ3n) is 8.19. The SMILES string of the molecule is COc1ccc(CCN2CC(=O)N3[C@H](c4cccc(OC)c4OC)c4[nH]c5ccccc5c4C[C@H]3C2=O)cc1OC. The highest BCUT2D eigenvalue weighted by Gasteiger charge is 2.49. The number of nitrogens with one attached hydrogen (secondary N) is 1. The first-order valence-electron chi connectivity index (χ1n) is 13.6. The van der Waals surface area contributed by atoms with Gasteiger partial charge >= 0.3 is 0 Å². The highest BCUT2D eigenvalue weighted by molar-refractivity contribution is 5.97. The van der Waals surface area contributed by atoms with Crippen LogP contribution in [-0.4, -0.2) is 74.2 Å². The summed E-state index contributed by atoms with van der Waals surface area (Å²) < 4.78 is 22.2. The van der Waals surface area contributed by atoms with E-state index in [1.165, 1.54) is 0 Å². The van der Waals surface area contributed by atoms with Gasteiger partial charge in [0, 0.05) is 35.1 Å². The second-order valence-corrected chi connectivity index (χ2v) is 10.3. The molecule has 9 nitrogen and oxygen atoms in total. The predicted octanol–water partition coefficient (Wildman–Crippen LogP) is 4.13. The molecule has 41 heavy (non-hydrogen) atoms. The van der Waals surface area contributed by atoms with Crippen molar-refractivity contribution in [2.45, 2.75) is 24.9 Å². The van der Waals surface area contributed by atoms with Crippen LogP contribution in [0.1, 0.15) is 28.4 Å². The molecule has 6 rings (SSSR count). The van der Waals surface area contributed by atoms with Crippen molar-refractivity contribution in [3.63, 3.8) is 0 Å². The number of methoxy groups -OCH3 is 4. The Morgan fingerprint density at radius 1 is 0.854 bits per heavy atom. The van der Waals surface area contributed by atoms with Crippen LogP contribution < -0.4 is 18.9 Å². The number of benzene rings is 3. The van der Waals surface area contributed by atoms with Crippen LogP contribution in [0.15, 0.2) is 60.7 Å². The van der Waals surface area contributed by atoms with Crippen molar-refractivity contribution < 1.29 is 28.5 Å². The summed E-state index contributed by atoms with van der Waals surface area (Å²) in [7, 11) is 6.37. The molecular formula is C32H33N3O6. The number of amides is 2. The predicted molar refractivity (Wildman–Crippen MR) is 154 cm³/mol. The first-order chi connectivity index (χ1) is 20.0. The fourth-order valence-electron chi connectivity index (χ4n) is 6.26. The number of carbonyl (C=O) groups excluding carboxylic acids is 2. The van der Waals surface area contributed by atoms with Gasteiger partial charge in [0.25, 0.3) is 0 Å². The number of aromatic amines is 1. The first kappa shape index (κ1) is 26.6. The van der Waals surface area contributed by atoms with Gasteiger partial charge in [0.05, 0.1) is 35.0 Å². The van der Waals surface area contributed by atoms with Gasteiger partial charge in [-0.05, 0) is 41.8 Å². The third kappa shape index (κ3) is 4.41. The van der Waals surface area contributed by atoms with E-state index in [0.717, 1.165) is 33.3 Å². The highest BCUT2D eigenvalue weighted by atomic mass is 16.5. The van der Waals surface area contributed by atoms with Crippen molar-refractivity contribution in [3.05, 3.63) is 83.0 Å². The lowest BCUT2D eigenvalue weighted by Gasteiger charge is -2.47. The summed E-state index contributed by atoms with van der Waals surface area (Å²) in [6.07, 6.45) is 1.01. The number of piperazine rings is 1. The average Bonchev–Trinajstić information content (AvgIpc) is 3.38. The van der Waals surface area contributed by atoms with Crippen LogP contribution in [0.4, 0.5) is 0 Å². The van der Waals surface area contributed by atoms with Gasteiger partial charge in [-0.15, -0.1) is 0 Å². The van der Waals surface area contributed by atoms with E-state index >= 15 is 0 Å². The van der Waals surface area contributed by atoms with Gasteiger partial charge in [0.1, 0.15) is 12.1 Å². The lowest BCUT2D eigenvalue weighted by molar-refractivity contribution is -0.158. The molecule has 0 aliphatic carbocycles. The van der Waals surface area contributed by atoms with Crippen LogP contribution in [0.25, 0.3) is 10.9 Å². The van der Waals surface area contributed by atoms with Crippen LogP contribution in [0, 0.1) is 0 Å². The zero-order valence-electron chi connectivity index (χ0n) is 23.6. The van der Waals surface area contributed by atoms with Crippen LogP contribution in [0.2, 0.25) is 0 Å². The van der Waals surface area contributed by atoms with Gasteiger partial charge in [-0.3, -0.25) is 9.59 Å². The van der Waals surface area contributed by atoms with Gasteiger partial charge in [-0.25, -0.2) is 0 Å². The molecule has 2 aliphatic heterocycles. The molecule has 212 valence electrons. The van der Waals surface area contributed by atoms with E-state index in [1.54, 1.807) is 38.2 Å². The summed E-state index contributed by atoms with van der Waals surface area (Å²) in [5.41, 5.74) is 4.67. The van der Waals surface area contributed by atoms with Crippen molar-refractivity contribution in [1.82, 2.24) is 14.8 Å². The first-order valence-corrected chi connectivity index (χ1v) is 13.6. The molecule has 1 saturated heterocycles. The number of carbonyl (C=O) groups is 2. The highest BCUT2D eigenvalue weighted by Crippen LogP contribution is 2.47. The second-order valence-electron chi connectivity index (χ2n) is 10.3. The summed E-state index contributed by atoms with van der Waals surface area (Å²) in [5, 5.41) is 1.05. The zero-order valence-corrected chi connectivity index (χ0v) is 23.6. The van der Waals surface area contributed by atoms with E-state index in [0.29, 0.717) is 42.4 Å². The number of H-pyrrole nitrogens is 1. The molecule has 2 aliphatic rings. The minimum atomic E-state index is -0.644. The molecule has 1 fully saturated rings. The van der Waals surface area contributed by atoms with Crippen LogP contribution in [0.3, 0.4) is 0 Å². The number of ether oxygens (including phenoxy) is 4. The molecule has 4 aromatic rings. The molecule has 0 radical (unpaired) electrons. The Hall–Kier alpha value is -4.66. The zero-order chi connectivity index (χ0) is 28.7. The Kier molecular flexibility index (Phi) is 6.95. The Bertz CT molecular complexity index is 1630. The maximum absolute atomic E-state index is 14.1. The van der Waals surface area contributed by atoms with Crippen LogP contribution in [-0.2, 0) is 22.4 Å². The van der Waals surface area contributed by atoms with Gasteiger partial charge in [0.2, 0.25) is 11.8 Å². The monoisotopic (exact) mass is 555 g/mol. The van der Waals surface area contributed by atoms with E-state index in [-0.39, 0.29) is 18.4 Å². The largest absolute Gasteiger partial charge is 0.493 e. The van der Waals surface area contributed by atoms with Crippen LogP contribution in [0.5, 0.6) is 23.0 Å². The molecule has 9 heteroatoms. The van der Waals surface area contributed by atoms with Crippen molar-refractivity contribution in [2.75, 3.05) is 41.5 Å². The third-order valence-corrected chi connectivity index (χ3v) is 8.19. The number of para-hydroxylation sites is 2. The number of hydrogen-bond donors (Lipinski definition) is 1. The Balaban J connectivity index is 1.38. The van der Waals surface area contributed by atoms with E-state index in [2.05, 4.69) is 11.1 Å². The molecule has 1 N–H and O–H groups in total. The Morgan fingerprint density at radius 3 is 2.39 bits per heavy atom. The lowest BCUT2D eigenvalue weighted by atomic mass is 9.85. The number of nitrogens with zero attached hydrogens (tertiary/aromatic N) is 2. The summed E-state index contributed by atoms with van der Waals surface area (Å²) in [6.45, 7) is 0.416. The molecule has 0 saturated carbocycles. The average molecular weight is 556 g/mol. The van der Waals surface area contributed by atoms with Gasteiger partial charge in [-0.1, -0.05) is 36.4 Å². The van der Waals surface area contributed by atoms with E-state index < -0.39 is 12.1 Å². The van der Waals surface area contributed by atoms with Crippen molar-refractivity contribution in [3.8, 4) is 23.0 Å². The molecule has 0 bridgehead atoms. The molecule has 2 amide bonds. The molecule has 0 spiro atoms. The standard InChI is InChI=1S/C32H33N3O6/c1-38-25-13-12-19(16-27(25)40-3)14-15-34-18-28(36)35-24(32(34)37)17-22-20-8-5-6-10-23(20)33-29(22)30(35)21-9-7-11-26(39-2)31(21)41-4/h5-13,16,24,30,33H,14-15,17-18H2,1-4H3/t24-,30+/m0/s1. The summed E-state index contributed by atoms with van der Waals surface area (Å²) >= 11 is 0. The maximum Gasteiger partial charge on any atom is 0.246 e. The van der Waals surface area contributed by atoms with Gasteiger partial charge in [-0.2, -0.15) is 0 Å². The summed E-state index contributed by atoms with van der Waals surface area (Å²) in [6, 6.07) is 18.2. The van der Waals surface area contributed by atoms with Crippen molar-refractivity contribution in [2.24, 2.45) is 0 Å². The number of fused-ring (bicyclic) bond motifs is 4. The normalized spacial score (nSPS) is 18.2. The van der Waals surface area contributed by atoms with Crippen molar-refractivity contribution >= 4 is 22.7 Å². The lowest BCUT2D eigenvalue weighted by Crippen LogP contribution is -2.63. The van der Waals surface area contributed by atoms with Gasteiger partial charge < -0.3 is 33.7 Å². The summed E-state index contributed by atoms with van der Waals surface area (Å²) in [5.74, 6) is 2.21. The fourth-order valence-corrected chi connectivity index (χ4v) is 6.26.